The van der Waals surface area contributed by atoms with Crippen molar-refractivity contribution in [1.82, 2.24) is 5.32 Å². The lowest BCUT2D eigenvalue weighted by molar-refractivity contribution is -0.141. The molecular formula is C23H37ClN2O4. The number of benzene rings is 1. The van der Waals surface area contributed by atoms with Crippen LogP contribution in [0.15, 0.2) is 18.2 Å². The first-order chi connectivity index (χ1) is 14.5. The first-order valence-electron chi connectivity index (χ1n) is 11.1. The van der Waals surface area contributed by atoms with Crippen LogP contribution < -0.4 is 15.4 Å². The van der Waals surface area contributed by atoms with Crippen LogP contribution in [0.2, 0.25) is 5.02 Å². The number of rotatable bonds is 17. The van der Waals surface area contributed by atoms with Crippen LogP contribution in [0.25, 0.3) is 0 Å². The van der Waals surface area contributed by atoms with Gasteiger partial charge < -0.3 is 20.5 Å². The molecule has 0 aliphatic carbocycles. The van der Waals surface area contributed by atoms with E-state index in [-0.39, 0.29) is 6.42 Å². The third-order valence-corrected chi connectivity index (χ3v) is 5.28. The number of carbonyl (C=O) groups excluding carboxylic acids is 1. The summed E-state index contributed by atoms with van der Waals surface area (Å²) in [6.45, 7) is 2.81. The first-order valence-corrected chi connectivity index (χ1v) is 11.4. The first kappa shape index (κ1) is 26.2. The summed E-state index contributed by atoms with van der Waals surface area (Å²) in [5.74, 6) is -0.966. The molecule has 1 rings (SSSR count). The highest BCUT2D eigenvalue weighted by atomic mass is 35.5. The van der Waals surface area contributed by atoms with Crippen LogP contribution in [-0.2, 0) is 9.59 Å². The van der Waals surface area contributed by atoms with Crippen LogP contribution in [-0.4, -0.2) is 36.7 Å². The number of unbranched alkanes of at least 4 members (excludes halogenated alkanes) is 9. The van der Waals surface area contributed by atoms with E-state index in [1.54, 1.807) is 18.2 Å². The number of hydrogen-bond donors (Lipinski definition) is 3. The number of methoxy groups -OCH3 is 1. The summed E-state index contributed by atoms with van der Waals surface area (Å²) in [5, 5.41) is 15.5. The largest absolute Gasteiger partial charge is 0.495 e. The third-order valence-electron chi connectivity index (χ3n) is 5.04. The number of carboxylic acid groups (broad SMARTS) is 1. The van der Waals surface area contributed by atoms with Crippen LogP contribution in [0.3, 0.4) is 0 Å². The van der Waals surface area contributed by atoms with Crippen LogP contribution >= 0.6 is 11.6 Å². The van der Waals surface area contributed by atoms with Gasteiger partial charge in [0, 0.05) is 5.02 Å². The van der Waals surface area contributed by atoms with E-state index < -0.39 is 17.9 Å². The van der Waals surface area contributed by atoms with Gasteiger partial charge in [0.05, 0.1) is 19.2 Å². The molecule has 0 radical (unpaired) electrons. The molecule has 0 unspecified atom stereocenters. The minimum Gasteiger partial charge on any atom is -0.495 e. The minimum absolute atomic E-state index is 0.164. The predicted octanol–water partition coefficient (Wildman–Crippen LogP) is 5.64. The van der Waals surface area contributed by atoms with Crippen molar-refractivity contribution >= 4 is 29.2 Å². The summed E-state index contributed by atoms with van der Waals surface area (Å²) in [6, 6.07) is 3.96. The fraction of sp³-hybridized carbons (Fsp3) is 0.652. The molecular weight excluding hydrogens is 404 g/mol. The number of halogens is 1. The second kappa shape index (κ2) is 16.0. The van der Waals surface area contributed by atoms with Gasteiger partial charge in [-0.25, -0.2) is 0 Å². The predicted molar refractivity (Wildman–Crippen MR) is 123 cm³/mol. The zero-order chi connectivity index (χ0) is 22.2. The Morgan fingerprint density at radius 2 is 1.63 bits per heavy atom. The zero-order valence-electron chi connectivity index (χ0n) is 18.3. The number of carbonyl (C=O) groups is 2. The molecule has 0 aliphatic rings. The Labute approximate surface area is 185 Å². The second-order valence-electron chi connectivity index (χ2n) is 7.62. The summed E-state index contributed by atoms with van der Waals surface area (Å²) in [5.41, 5.74) is 0.425. The van der Waals surface area contributed by atoms with E-state index in [0.717, 1.165) is 12.8 Å². The molecule has 0 aliphatic heterocycles. The van der Waals surface area contributed by atoms with E-state index >= 15 is 0 Å². The summed E-state index contributed by atoms with van der Waals surface area (Å²) in [6.07, 6.45) is 12.1. The van der Waals surface area contributed by atoms with Gasteiger partial charge in [-0.2, -0.15) is 0 Å². The molecule has 0 bridgehead atoms. The van der Waals surface area contributed by atoms with Gasteiger partial charge in [-0.05, 0) is 31.2 Å². The van der Waals surface area contributed by atoms with Gasteiger partial charge in [-0.15, -0.1) is 0 Å². The van der Waals surface area contributed by atoms with Gasteiger partial charge in [0.25, 0.3) is 0 Å². The Morgan fingerprint density at radius 1 is 1.03 bits per heavy atom. The molecule has 0 aromatic heterocycles. The van der Waals surface area contributed by atoms with Crippen molar-refractivity contribution in [1.29, 1.82) is 0 Å². The van der Waals surface area contributed by atoms with E-state index in [1.165, 1.54) is 58.5 Å². The van der Waals surface area contributed by atoms with Gasteiger partial charge in [-0.3, -0.25) is 9.59 Å². The molecule has 0 spiro atoms. The summed E-state index contributed by atoms with van der Waals surface area (Å²) >= 11 is 5.96. The Hall–Kier alpha value is -1.79. The van der Waals surface area contributed by atoms with Gasteiger partial charge in [0.15, 0.2) is 0 Å². The lowest BCUT2D eigenvalue weighted by Crippen LogP contribution is -2.40. The molecule has 170 valence electrons. The number of amides is 1. The van der Waals surface area contributed by atoms with E-state index in [2.05, 4.69) is 17.6 Å². The molecule has 1 aromatic rings. The Bertz CT molecular complexity index is 640. The Morgan fingerprint density at radius 3 is 2.20 bits per heavy atom. The van der Waals surface area contributed by atoms with Crippen molar-refractivity contribution in [3.63, 3.8) is 0 Å². The van der Waals surface area contributed by atoms with Crippen molar-refractivity contribution in [2.24, 2.45) is 0 Å². The van der Waals surface area contributed by atoms with Crippen LogP contribution in [0, 0.1) is 0 Å². The van der Waals surface area contributed by atoms with E-state index in [4.69, 9.17) is 16.3 Å². The maximum absolute atomic E-state index is 12.3. The molecule has 1 atom stereocenters. The lowest BCUT2D eigenvalue weighted by atomic mass is 10.1. The van der Waals surface area contributed by atoms with Gasteiger partial charge in [0.1, 0.15) is 11.8 Å². The highest BCUT2D eigenvalue weighted by Gasteiger charge is 2.21. The average molecular weight is 441 g/mol. The second-order valence-corrected chi connectivity index (χ2v) is 8.06. The molecule has 3 N–H and O–H groups in total. The number of carboxylic acids is 1. The highest BCUT2D eigenvalue weighted by Crippen LogP contribution is 2.27. The van der Waals surface area contributed by atoms with Crippen LogP contribution in [0.4, 0.5) is 5.69 Å². The minimum atomic E-state index is -1.03. The summed E-state index contributed by atoms with van der Waals surface area (Å²) in [7, 11) is 1.49. The van der Waals surface area contributed by atoms with Crippen molar-refractivity contribution in [2.45, 2.75) is 83.6 Å². The monoisotopic (exact) mass is 440 g/mol. The fourth-order valence-corrected chi connectivity index (χ4v) is 3.47. The number of hydrogen-bond acceptors (Lipinski definition) is 4. The molecule has 6 nitrogen and oxygen atoms in total. The standard InChI is InChI=1S/C23H37ClN2O4/c1-3-4-5-6-7-8-9-10-11-12-15-25-20(23(28)29)17-22(27)26-19-16-18(24)13-14-21(19)30-2/h13-14,16,20,25H,3-12,15,17H2,1-2H3,(H,26,27)(H,28,29)/t20-/m0/s1. The normalized spacial score (nSPS) is 11.8. The zero-order valence-corrected chi connectivity index (χ0v) is 19.1. The van der Waals surface area contributed by atoms with E-state index in [9.17, 15) is 14.7 Å². The van der Waals surface area contributed by atoms with Gasteiger partial charge >= 0.3 is 5.97 Å². The van der Waals surface area contributed by atoms with Crippen molar-refractivity contribution < 1.29 is 19.4 Å². The molecule has 7 heteroatoms. The average Bonchev–Trinajstić information content (AvgIpc) is 2.71. The number of ether oxygens (including phenoxy) is 1. The SMILES string of the molecule is CCCCCCCCCCCCN[C@@H](CC(=O)Nc1cc(Cl)ccc1OC)C(=O)O. The Kier molecular flexibility index (Phi) is 14.0. The molecule has 0 fully saturated rings. The number of nitrogens with one attached hydrogen (secondary N) is 2. The number of aliphatic carboxylic acids is 1. The molecule has 0 saturated heterocycles. The third kappa shape index (κ3) is 11.4. The molecule has 1 aromatic carbocycles. The van der Waals surface area contributed by atoms with E-state index in [1.807, 2.05) is 0 Å². The topological polar surface area (TPSA) is 87.7 Å². The summed E-state index contributed by atoms with van der Waals surface area (Å²) in [4.78, 5) is 23.8. The number of anilines is 1. The molecule has 1 amide bonds. The maximum Gasteiger partial charge on any atom is 0.321 e. The van der Waals surface area contributed by atoms with Crippen molar-refractivity contribution in [2.75, 3.05) is 19.0 Å². The fourth-order valence-electron chi connectivity index (χ4n) is 3.30. The van der Waals surface area contributed by atoms with Crippen LogP contribution in [0.5, 0.6) is 5.75 Å². The lowest BCUT2D eigenvalue weighted by Gasteiger charge is -2.15. The Balaban J connectivity index is 2.26. The van der Waals surface area contributed by atoms with Gasteiger partial charge in [-0.1, -0.05) is 76.3 Å². The molecule has 0 saturated carbocycles. The maximum atomic E-state index is 12.3. The van der Waals surface area contributed by atoms with E-state index in [0.29, 0.717) is 23.0 Å². The molecule has 0 heterocycles. The quantitative estimate of drug-likeness (QED) is 0.273. The van der Waals surface area contributed by atoms with Crippen LogP contribution in [0.1, 0.15) is 77.6 Å². The summed E-state index contributed by atoms with van der Waals surface area (Å²) < 4.78 is 5.19. The van der Waals surface area contributed by atoms with Crippen molar-refractivity contribution in [3.05, 3.63) is 23.2 Å². The smallest absolute Gasteiger partial charge is 0.321 e. The van der Waals surface area contributed by atoms with Crippen molar-refractivity contribution in [3.8, 4) is 5.75 Å². The van der Waals surface area contributed by atoms with Gasteiger partial charge in [0.2, 0.25) is 5.91 Å². The molecule has 30 heavy (non-hydrogen) atoms. The highest BCUT2D eigenvalue weighted by molar-refractivity contribution is 6.31.